The molecule has 0 bridgehead atoms. The number of carbonyl (C=O) groups is 1. The first-order valence-corrected chi connectivity index (χ1v) is 7.35. The van der Waals surface area contributed by atoms with Gasteiger partial charge in [-0.15, -0.1) is 5.10 Å². The van der Waals surface area contributed by atoms with E-state index in [1.807, 2.05) is 25.3 Å². The number of pyridine rings is 1. The molecule has 0 fully saturated rings. The average molecular weight is 305 g/mol. The molecule has 1 amide bonds. The first kappa shape index (κ1) is 16.1. The molecule has 0 aliphatic heterocycles. The predicted octanol–water partition coefficient (Wildman–Crippen LogP) is 1.90. The van der Waals surface area contributed by atoms with Crippen molar-refractivity contribution in [2.75, 3.05) is 6.54 Å². The zero-order valence-corrected chi connectivity index (χ0v) is 12.8. The highest BCUT2D eigenvalue weighted by atomic mass is 19.1. The van der Waals surface area contributed by atoms with Crippen molar-refractivity contribution in [2.24, 2.45) is 0 Å². The van der Waals surface area contributed by atoms with Crippen molar-refractivity contribution >= 4 is 5.91 Å². The van der Waals surface area contributed by atoms with Crippen LogP contribution in [0, 0.1) is 6.92 Å². The van der Waals surface area contributed by atoms with Gasteiger partial charge in [-0.1, -0.05) is 18.2 Å². The lowest BCUT2D eigenvalue weighted by atomic mass is 10.2. The zero-order valence-electron chi connectivity index (χ0n) is 12.8. The summed E-state index contributed by atoms with van der Waals surface area (Å²) in [6.07, 6.45) is 3.02. The summed E-state index contributed by atoms with van der Waals surface area (Å²) < 4.78 is 14.7. The van der Waals surface area contributed by atoms with Gasteiger partial charge in [-0.05, 0) is 31.4 Å². The van der Waals surface area contributed by atoms with Gasteiger partial charge in [0.05, 0.1) is 11.9 Å². The second-order valence-corrected chi connectivity index (χ2v) is 5.11. The minimum atomic E-state index is -1.43. The quantitative estimate of drug-likeness (QED) is 0.793. The lowest BCUT2D eigenvalue weighted by molar-refractivity contribution is -0.126. The van der Waals surface area contributed by atoms with Crippen LogP contribution in [0.15, 0.2) is 24.5 Å². The van der Waals surface area contributed by atoms with Crippen molar-refractivity contribution in [3.05, 3.63) is 30.1 Å². The maximum absolute atomic E-state index is 13.0. The van der Waals surface area contributed by atoms with Gasteiger partial charge in [0.1, 0.15) is 5.69 Å². The van der Waals surface area contributed by atoms with Crippen molar-refractivity contribution in [3.8, 4) is 11.4 Å². The number of aryl methyl sites for hydroxylation is 2. The van der Waals surface area contributed by atoms with E-state index in [9.17, 15) is 9.18 Å². The molecule has 2 aromatic rings. The molecule has 1 unspecified atom stereocenters. The summed E-state index contributed by atoms with van der Waals surface area (Å²) in [6, 6.07) is 3.87. The second kappa shape index (κ2) is 7.63. The number of nitrogens with one attached hydrogen (secondary N) is 1. The number of amides is 1. The number of nitrogens with zero attached hydrogens (tertiary/aromatic N) is 4. The van der Waals surface area contributed by atoms with E-state index in [4.69, 9.17) is 0 Å². The molecule has 0 aliphatic carbocycles. The van der Waals surface area contributed by atoms with Gasteiger partial charge in [0, 0.05) is 19.3 Å². The Labute approximate surface area is 128 Å². The lowest BCUT2D eigenvalue weighted by Gasteiger charge is -2.07. The number of carbonyl (C=O) groups excluding carboxylic acids is 1. The topological polar surface area (TPSA) is 72.7 Å². The van der Waals surface area contributed by atoms with Crippen LogP contribution < -0.4 is 5.32 Å². The third kappa shape index (κ3) is 4.34. The Morgan fingerprint density at radius 2 is 2.23 bits per heavy atom. The van der Waals surface area contributed by atoms with E-state index in [2.05, 4.69) is 20.6 Å². The van der Waals surface area contributed by atoms with Crippen LogP contribution in [0.4, 0.5) is 4.39 Å². The number of rotatable bonds is 7. The third-order valence-electron chi connectivity index (χ3n) is 3.22. The normalized spacial score (nSPS) is 12.1. The van der Waals surface area contributed by atoms with Crippen LogP contribution in [-0.2, 0) is 11.3 Å². The molecule has 1 atom stereocenters. The Kier molecular flexibility index (Phi) is 5.57. The third-order valence-corrected chi connectivity index (χ3v) is 3.22. The molecule has 2 aromatic heterocycles. The van der Waals surface area contributed by atoms with Gasteiger partial charge in [0.25, 0.3) is 5.91 Å². The number of hydrogen-bond acceptors (Lipinski definition) is 4. The minimum Gasteiger partial charge on any atom is -0.354 e. The van der Waals surface area contributed by atoms with Crippen LogP contribution in [-0.4, -0.2) is 38.6 Å². The first-order valence-electron chi connectivity index (χ1n) is 7.35. The van der Waals surface area contributed by atoms with Crippen molar-refractivity contribution in [3.63, 3.8) is 0 Å². The van der Waals surface area contributed by atoms with Gasteiger partial charge in [0.15, 0.2) is 6.17 Å². The van der Waals surface area contributed by atoms with Crippen molar-refractivity contribution in [2.45, 2.75) is 39.4 Å². The smallest absolute Gasteiger partial charge is 0.254 e. The van der Waals surface area contributed by atoms with Crippen molar-refractivity contribution < 1.29 is 9.18 Å². The number of alkyl halides is 1. The number of aromatic nitrogens is 4. The van der Waals surface area contributed by atoms with Gasteiger partial charge < -0.3 is 5.32 Å². The summed E-state index contributed by atoms with van der Waals surface area (Å²) in [4.78, 5) is 15.6. The Morgan fingerprint density at radius 3 is 2.91 bits per heavy atom. The summed E-state index contributed by atoms with van der Waals surface area (Å²) >= 11 is 0. The van der Waals surface area contributed by atoms with Crippen molar-refractivity contribution in [1.82, 2.24) is 25.3 Å². The number of hydrogen-bond donors (Lipinski definition) is 1. The van der Waals surface area contributed by atoms with E-state index >= 15 is 0 Å². The molecule has 0 spiro atoms. The van der Waals surface area contributed by atoms with E-state index in [0.717, 1.165) is 11.3 Å². The molecule has 2 heterocycles. The largest absolute Gasteiger partial charge is 0.354 e. The predicted molar refractivity (Wildman–Crippen MR) is 80.8 cm³/mol. The minimum absolute atomic E-state index is 0.196. The molecule has 118 valence electrons. The Balaban J connectivity index is 1.80. The van der Waals surface area contributed by atoms with Gasteiger partial charge in [-0.3, -0.25) is 14.5 Å². The first-order chi connectivity index (χ1) is 10.6. The molecule has 1 N–H and O–H groups in total. The Hall–Kier alpha value is -2.31. The fraction of sp³-hybridized carbons (Fsp3) is 0.467. The molecule has 7 heteroatoms. The fourth-order valence-electron chi connectivity index (χ4n) is 1.89. The van der Waals surface area contributed by atoms with Crippen molar-refractivity contribution in [1.29, 1.82) is 0 Å². The molecule has 0 aliphatic rings. The summed E-state index contributed by atoms with van der Waals surface area (Å²) in [5.74, 6) is -0.550. The highest BCUT2D eigenvalue weighted by molar-refractivity contribution is 5.80. The molecule has 6 nitrogen and oxygen atoms in total. The van der Waals surface area contributed by atoms with Gasteiger partial charge >= 0.3 is 0 Å². The molecule has 22 heavy (non-hydrogen) atoms. The van der Waals surface area contributed by atoms with Crippen LogP contribution in [0.1, 0.15) is 25.3 Å². The maximum atomic E-state index is 13.0. The lowest BCUT2D eigenvalue weighted by Crippen LogP contribution is -2.32. The summed E-state index contributed by atoms with van der Waals surface area (Å²) in [5, 5.41) is 10.7. The van der Waals surface area contributed by atoms with Crippen LogP contribution in [0.2, 0.25) is 0 Å². The molecule has 0 saturated carbocycles. The average Bonchev–Trinajstić information content (AvgIpc) is 3.00. The Morgan fingerprint density at radius 1 is 1.41 bits per heavy atom. The van der Waals surface area contributed by atoms with E-state index in [-0.39, 0.29) is 6.42 Å². The van der Waals surface area contributed by atoms with E-state index in [0.29, 0.717) is 25.2 Å². The Bertz CT molecular complexity index is 611. The highest BCUT2D eigenvalue weighted by Gasteiger charge is 2.13. The molecule has 0 aromatic carbocycles. The van der Waals surface area contributed by atoms with Crippen LogP contribution in [0.5, 0.6) is 0 Å². The zero-order chi connectivity index (χ0) is 15.9. The number of halogens is 1. The molecule has 0 radical (unpaired) electrons. The molecular formula is C15H20FN5O. The van der Waals surface area contributed by atoms with Gasteiger partial charge in [0.2, 0.25) is 0 Å². The standard InChI is InChI=1S/C15H20FN5O/c1-3-12(16)15(22)17-7-4-8-21-10-14(19-20-21)13-6-5-11(2)9-18-13/h5-6,9-10,12H,3-4,7-8H2,1-2H3,(H,17,22). The summed E-state index contributed by atoms with van der Waals surface area (Å²) in [5.41, 5.74) is 2.57. The SMILES string of the molecule is CCC(F)C(=O)NCCCn1cc(-c2ccc(C)cn2)nn1. The van der Waals surface area contributed by atoms with Crippen LogP contribution in [0.3, 0.4) is 0 Å². The summed E-state index contributed by atoms with van der Waals surface area (Å²) in [6.45, 7) is 4.63. The molecule has 2 rings (SSSR count). The summed E-state index contributed by atoms with van der Waals surface area (Å²) in [7, 11) is 0. The van der Waals surface area contributed by atoms with Gasteiger partial charge in [-0.25, -0.2) is 4.39 Å². The molecular weight excluding hydrogens is 285 g/mol. The van der Waals surface area contributed by atoms with Crippen LogP contribution >= 0.6 is 0 Å². The van der Waals surface area contributed by atoms with Gasteiger partial charge in [-0.2, -0.15) is 0 Å². The van der Waals surface area contributed by atoms with E-state index in [1.165, 1.54) is 0 Å². The fourth-order valence-corrected chi connectivity index (χ4v) is 1.89. The monoisotopic (exact) mass is 305 g/mol. The molecule has 0 saturated heterocycles. The van der Waals surface area contributed by atoms with E-state index < -0.39 is 12.1 Å². The van der Waals surface area contributed by atoms with E-state index in [1.54, 1.807) is 17.8 Å². The van der Waals surface area contributed by atoms with Crippen LogP contribution in [0.25, 0.3) is 11.4 Å². The maximum Gasteiger partial charge on any atom is 0.254 e. The second-order valence-electron chi connectivity index (χ2n) is 5.11. The highest BCUT2D eigenvalue weighted by Crippen LogP contribution is 2.13.